The zero-order valence-corrected chi connectivity index (χ0v) is 19.9. The van der Waals surface area contributed by atoms with Crippen molar-refractivity contribution in [1.29, 1.82) is 0 Å². The Morgan fingerprint density at radius 3 is 1.33 bits per heavy atom. The molecule has 24 heavy (non-hydrogen) atoms. The maximum atomic E-state index is 5.08. The summed E-state index contributed by atoms with van der Waals surface area (Å²) in [5.41, 5.74) is 4.76. The largest absolute Gasteiger partial charge is 0.302 e. The summed E-state index contributed by atoms with van der Waals surface area (Å²) in [5, 5.41) is 1.44. The first-order chi connectivity index (χ1) is 10.4. The fourth-order valence-corrected chi connectivity index (χ4v) is 5.13. The molecule has 0 aliphatic carbocycles. The zero-order chi connectivity index (χ0) is 19.1. The minimum atomic E-state index is -1.44. The highest BCUT2D eigenvalue weighted by Crippen LogP contribution is 2.35. The highest BCUT2D eigenvalue weighted by Gasteiger charge is 2.29. The minimum Gasteiger partial charge on any atom is -0.302 e. The molecule has 1 nitrogen and oxygen atoms in total. The van der Waals surface area contributed by atoms with Gasteiger partial charge in [0.15, 0.2) is 8.24 Å². The summed E-state index contributed by atoms with van der Waals surface area (Å²) in [4.78, 5) is 0. The first-order valence-electron chi connectivity index (χ1n) is 9.05. The summed E-state index contributed by atoms with van der Waals surface area (Å²) >= 11 is 0. The van der Waals surface area contributed by atoms with Gasteiger partial charge in [0.25, 0.3) is 0 Å². The number of nitrogens with zero attached hydrogens (tertiary/aromatic N) is 1. The number of hydrogen-bond donors (Lipinski definition) is 0. The quantitative estimate of drug-likeness (QED) is 0.390. The van der Waals surface area contributed by atoms with Crippen LogP contribution in [0.1, 0.15) is 79.0 Å². The number of benzene rings is 1. The molecule has 1 aromatic carbocycles. The molecule has 1 rings (SSSR count). The second-order valence-electron chi connectivity index (χ2n) is 11.0. The summed E-state index contributed by atoms with van der Waals surface area (Å²) in [5.74, 6) is 0. The molecule has 0 aromatic heterocycles. The van der Waals surface area contributed by atoms with Crippen LogP contribution in [0.2, 0.25) is 19.6 Å². The van der Waals surface area contributed by atoms with Crippen LogP contribution in [0.3, 0.4) is 0 Å². The van der Waals surface area contributed by atoms with Crippen molar-refractivity contribution < 1.29 is 0 Å². The molecule has 0 N–H and O–H groups in total. The Hall–Kier alpha value is -0.463. The van der Waals surface area contributed by atoms with E-state index in [0.717, 1.165) is 8.37 Å². The lowest BCUT2D eigenvalue weighted by Gasteiger charge is -2.32. The van der Waals surface area contributed by atoms with E-state index in [9.17, 15) is 0 Å². The molecular weight excluding hydrogens is 325 g/mol. The molecule has 0 bridgehead atoms. The SMILES string of the molecule is CC(C)(C)c1cc(C(C)(C)C)c(P=N[Si](C)(C)C)c(C(C)(C)C)c1. The van der Waals surface area contributed by atoms with Crippen LogP contribution in [-0.2, 0) is 16.2 Å². The van der Waals surface area contributed by atoms with E-state index in [1.807, 2.05) is 0 Å². The Bertz CT molecular complexity index is 582. The van der Waals surface area contributed by atoms with Crippen LogP contribution in [0.15, 0.2) is 16.5 Å². The monoisotopic (exact) mass is 363 g/mol. The highest BCUT2D eigenvalue weighted by molar-refractivity contribution is 7.39. The van der Waals surface area contributed by atoms with Gasteiger partial charge in [-0.05, 0) is 52.6 Å². The molecule has 0 saturated carbocycles. The highest BCUT2D eigenvalue weighted by atomic mass is 31.1. The van der Waals surface area contributed by atoms with Crippen molar-refractivity contribution in [2.24, 2.45) is 4.41 Å². The molecular formula is C21H38NPSi. The Morgan fingerprint density at radius 2 is 1.08 bits per heavy atom. The standard InChI is InChI=1S/C21H38NPSi/c1-19(2,3)15-13-16(20(4,5)6)18(23-22-24(10,11)12)17(14-15)21(7,8)9/h13-14H,1-12H3. The molecule has 3 heteroatoms. The molecule has 0 aliphatic rings. The molecule has 0 heterocycles. The number of rotatable bonds is 2. The molecule has 0 amide bonds. The van der Waals surface area contributed by atoms with Crippen LogP contribution in [0, 0.1) is 0 Å². The van der Waals surface area contributed by atoms with E-state index in [0.29, 0.717) is 0 Å². The summed E-state index contributed by atoms with van der Waals surface area (Å²) in [6.07, 6.45) is 0. The van der Waals surface area contributed by atoms with Gasteiger partial charge in [-0.3, -0.25) is 0 Å². The first-order valence-corrected chi connectivity index (χ1v) is 13.3. The van der Waals surface area contributed by atoms with Crippen LogP contribution in [0.4, 0.5) is 0 Å². The third-order valence-electron chi connectivity index (χ3n) is 4.04. The lowest BCUT2D eigenvalue weighted by atomic mass is 9.75. The van der Waals surface area contributed by atoms with Gasteiger partial charge in [0.2, 0.25) is 0 Å². The van der Waals surface area contributed by atoms with Gasteiger partial charge in [-0.15, -0.1) is 0 Å². The molecule has 0 saturated heterocycles. The van der Waals surface area contributed by atoms with Crippen molar-refractivity contribution >= 4 is 21.9 Å². The van der Waals surface area contributed by atoms with Gasteiger partial charge in [-0.2, -0.15) is 0 Å². The summed E-state index contributed by atoms with van der Waals surface area (Å²) < 4.78 is 5.08. The Balaban J connectivity index is 3.85. The topological polar surface area (TPSA) is 12.4 Å². The van der Waals surface area contributed by atoms with Gasteiger partial charge in [0.1, 0.15) is 0 Å². The second kappa shape index (κ2) is 6.69. The van der Waals surface area contributed by atoms with E-state index >= 15 is 0 Å². The number of hydrogen-bond acceptors (Lipinski definition) is 1. The summed E-state index contributed by atoms with van der Waals surface area (Å²) in [6, 6.07) is 4.88. The van der Waals surface area contributed by atoms with E-state index in [2.05, 4.69) is 94.1 Å². The summed E-state index contributed by atoms with van der Waals surface area (Å²) in [7, 11) is -0.288. The van der Waals surface area contributed by atoms with Gasteiger partial charge >= 0.3 is 0 Å². The van der Waals surface area contributed by atoms with Gasteiger partial charge in [0, 0.05) is 13.7 Å². The third-order valence-corrected chi connectivity index (χ3v) is 7.52. The normalized spacial score (nSPS) is 14.5. The molecule has 1 aromatic rings. The van der Waals surface area contributed by atoms with E-state index < -0.39 is 8.24 Å². The molecule has 0 fully saturated rings. The molecule has 0 radical (unpaired) electrons. The van der Waals surface area contributed by atoms with E-state index in [4.69, 9.17) is 4.41 Å². The average molecular weight is 364 g/mol. The van der Waals surface area contributed by atoms with E-state index in [-0.39, 0.29) is 16.2 Å². The van der Waals surface area contributed by atoms with Crippen LogP contribution >= 0.6 is 8.37 Å². The average Bonchev–Trinajstić information content (AvgIpc) is 2.30. The Labute approximate surface area is 153 Å². The van der Waals surface area contributed by atoms with Crippen molar-refractivity contribution in [2.75, 3.05) is 0 Å². The van der Waals surface area contributed by atoms with Gasteiger partial charge in [-0.25, -0.2) is 0 Å². The maximum Gasteiger partial charge on any atom is 0.178 e. The van der Waals surface area contributed by atoms with E-state index in [1.54, 1.807) is 0 Å². The van der Waals surface area contributed by atoms with Gasteiger partial charge < -0.3 is 4.41 Å². The van der Waals surface area contributed by atoms with Crippen LogP contribution in [-0.4, -0.2) is 8.24 Å². The molecule has 0 aliphatic heterocycles. The Kier molecular flexibility index (Phi) is 6.01. The van der Waals surface area contributed by atoms with Crippen molar-refractivity contribution in [2.45, 2.75) is 98.2 Å². The Morgan fingerprint density at radius 1 is 0.708 bits per heavy atom. The van der Waals surface area contributed by atoms with Crippen molar-refractivity contribution in [3.8, 4) is 0 Å². The second-order valence-corrected chi connectivity index (χ2v) is 16.8. The lowest BCUT2D eigenvalue weighted by molar-refractivity contribution is 0.554. The molecule has 136 valence electrons. The lowest BCUT2D eigenvalue weighted by Crippen LogP contribution is -2.30. The van der Waals surface area contributed by atoms with Gasteiger partial charge in [0.05, 0.1) is 0 Å². The fourth-order valence-electron chi connectivity index (χ4n) is 2.52. The fraction of sp³-hybridized carbons (Fsp3) is 0.714. The van der Waals surface area contributed by atoms with Crippen LogP contribution in [0.5, 0.6) is 0 Å². The van der Waals surface area contributed by atoms with Crippen molar-refractivity contribution in [3.63, 3.8) is 0 Å². The predicted octanol–water partition coefficient (Wildman–Crippen LogP) is 7.17. The van der Waals surface area contributed by atoms with E-state index in [1.165, 1.54) is 22.0 Å². The first kappa shape index (κ1) is 21.6. The minimum absolute atomic E-state index is 0.124. The van der Waals surface area contributed by atoms with Crippen LogP contribution < -0.4 is 5.30 Å². The maximum absolute atomic E-state index is 5.08. The zero-order valence-electron chi connectivity index (χ0n) is 18.0. The molecule has 0 unspecified atom stereocenters. The van der Waals surface area contributed by atoms with Crippen molar-refractivity contribution in [1.82, 2.24) is 0 Å². The summed E-state index contributed by atoms with van der Waals surface area (Å²) in [6.45, 7) is 27.8. The third kappa shape index (κ3) is 5.81. The molecule has 0 atom stereocenters. The van der Waals surface area contributed by atoms with Crippen LogP contribution in [0.25, 0.3) is 0 Å². The predicted molar refractivity (Wildman–Crippen MR) is 115 cm³/mol. The van der Waals surface area contributed by atoms with Crippen molar-refractivity contribution in [3.05, 3.63) is 28.8 Å². The van der Waals surface area contributed by atoms with Gasteiger partial charge in [-0.1, -0.05) is 74.4 Å². The smallest absolute Gasteiger partial charge is 0.178 e. The molecule has 0 spiro atoms.